The first-order chi connectivity index (χ1) is 29.5. The van der Waals surface area contributed by atoms with Gasteiger partial charge in [-0.3, -0.25) is 0 Å². The predicted molar refractivity (Wildman–Crippen MR) is 255 cm³/mol. The van der Waals surface area contributed by atoms with E-state index in [2.05, 4.69) is 243 Å². The standard InChI is InChI=1S/C59H43N/c1-59(2)57-38-46(44-23-21-42(22-24-44)40-13-5-3-6-14-40)29-35-54(57)55-36-34-50(39-58(55)59)60(48-30-25-43(26-31-48)41-15-7-4-8-16-41)49-32-27-45(28-33-49)56-37-47-17-9-10-18-51(47)52-19-11-12-20-53(52)56/h3-39H,1-2H3. The fourth-order valence-electron chi connectivity index (χ4n) is 9.49. The third-order valence-corrected chi connectivity index (χ3v) is 12.7. The van der Waals surface area contributed by atoms with Crippen LogP contribution in [0, 0.1) is 0 Å². The van der Waals surface area contributed by atoms with E-state index in [1.165, 1.54) is 88.3 Å². The number of anilines is 3. The van der Waals surface area contributed by atoms with Gasteiger partial charge in [-0.05, 0) is 137 Å². The number of benzene rings is 10. The smallest absolute Gasteiger partial charge is 0.0465 e. The Balaban J connectivity index is 0.983. The Bertz CT molecular complexity index is 3180. The molecule has 1 aliphatic carbocycles. The highest BCUT2D eigenvalue weighted by molar-refractivity contribution is 6.13. The maximum absolute atomic E-state index is 2.43. The third kappa shape index (κ3) is 6.10. The van der Waals surface area contributed by atoms with E-state index in [0.29, 0.717) is 0 Å². The second kappa shape index (κ2) is 14.4. The lowest BCUT2D eigenvalue weighted by Gasteiger charge is -2.28. The van der Waals surface area contributed by atoms with Crippen LogP contribution in [-0.4, -0.2) is 0 Å². The normalized spacial score (nSPS) is 12.6. The van der Waals surface area contributed by atoms with E-state index in [0.717, 1.165) is 17.1 Å². The largest absolute Gasteiger partial charge is 0.310 e. The molecule has 10 aromatic rings. The van der Waals surface area contributed by atoms with Crippen LogP contribution in [-0.2, 0) is 5.41 Å². The van der Waals surface area contributed by atoms with Gasteiger partial charge < -0.3 is 4.90 Å². The van der Waals surface area contributed by atoms with E-state index in [-0.39, 0.29) is 5.41 Å². The van der Waals surface area contributed by atoms with Crippen LogP contribution in [0.15, 0.2) is 224 Å². The molecule has 0 aromatic heterocycles. The molecule has 1 heteroatoms. The molecule has 10 aromatic carbocycles. The van der Waals surface area contributed by atoms with Crippen LogP contribution in [0.4, 0.5) is 17.1 Å². The summed E-state index contributed by atoms with van der Waals surface area (Å²) >= 11 is 0. The van der Waals surface area contributed by atoms with Gasteiger partial charge in [-0.15, -0.1) is 0 Å². The van der Waals surface area contributed by atoms with Gasteiger partial charge in [-0.25, -0.2) is 0 Å². The van der Waals surface area contributed by atoms with Crippen LogP contribution in [0.3, 0.4) is 0 Å². The summed E-state index contributed by atoms with van der Waals surface area (Å²) in [5.41, 5.74) is 18.3. The third-order valence-electron chi connectivity index (χ3n) is 12.7. The molecule has 0 radical (unpaired) electrons. The first kappa shape index (κ1) is 35.7. The van der Waals surface area contributed by atoms with Crippen molar-refractivity contribution in [2.45, 2.75) is 19.3 Å². The summed E-state index contributed by atoms with van der Waals surface area (Å²) < 4.78 is 0. The molecule has 0 fully saturated rings. The van der Waals surface area contributed by atoms with Gasteiger partial charge in [0.25, 0.3) is 0 Å². The molecule has 1 aliphatic rings. The highest BCUT2D eigenvalue weighted by Crippen LogP contribution is 2.52. The molecule has 0 atom stereocenters. The van der Waals surface area contributed by atoms with Crippen molar-refractivity contribution in [3.63, 3.8) is 0 Å². The molecule has 11 rings (SSSR count). The van der Waals surface area contributed by atoms with Crippen LogP contribution in [0.5, 0.6) is 0 Å². The second-order valence-corrected chi connectivity index (χ2v) is 16.5. The molecular formula is C59H43N. The predicted octanol–water partition coefficient (Wildman–Crippen LogP) is 16.4. The minimum Gasteiger partial charge on any atom is -0.310 e. The van der Waals surface area contributed by atoms with Crippen LogP contribution in [0.25, 0.3) is 77.2 Å². The molecule has 0 bridgehead atoms. The van der Waals surface area contributed by atoms with Gasteiger partial charge in [0.2, 0.25) is 0 Å². The molecule has 0 spiro atoms. The molecule has 0 N–H and O–H groups in total. The van der Waals surface area contributed by atoms with Crippen molar-refractivity contribution < 1.29 is 0 Å². The molecule has 0 unspecified atom stereocenters. The lowest BCUT2D eigenvalue weighted by atomic mass is 9.81. The fraction of sp³-hybridized carbons (Fsp3) is 0.0508. The average molecular weight is 766 g/mol. The van der Waals surface area contributed by atoms with E-state index in [9.17, 15) is 0 Å². The van der Waals surface area contributed by atoms with Gasteiger partial charge in [0.1, 0.15) is 0 Å². The van der Waals surface area contributed by atoms with Crippen molar-refractivity contribution in [1.29, 1.82) is 0 Å². The number of hydrogen-bond acceptors (Lipinski definition) is 1. The van der Waals surface area contributed by atoms with Gasteiger partial charge in [-0.2, -0.15) is 0 Å². The zero-order chi connectivity index (χ0) is 40.2. The molecular weight excluding hydrogens is 723 g/mol. The Labute approximate surface area is 352 Å². The summed E-state index contributed by atoms with van der Waals surface area (Å²) in [6.07, 6.45) is 0. The summed E-state index contributed by atoms with van der Waals surface area (Å²) in [6.45, 7) is 4.76. The van der Waals surface area contributed by atoms with Gasteiger partial charge >= 0.3 is 0 Å². The molecule has 284 valence electrons. The Kier molecular flexibility index (Phi) is 8.57. The van der Waals surface area contributed by atoms with Crippen molar-refractivity contribution in [3.05, 3.63) is 236 Å². The molecule has 1 nitrogen and oxygen atoms in total. The Morgan fingerprint density at radius 1 is 0.283 bits per heavy atom. The van der Waals surface area contributed by atoms with Crippen molar-refractivity contribution in [3.8, 4) is 55.6 Å². The SMILES string of the molecule is CC1(C)c2cc(-c3ccc(-c4ccccc4)cc3)ccc2-c2ccc(N(c3ccc(-c4ccccc4)cc3)c3ccc(-c4cc5ccccc5c5ccccc45)cc3)cc21. The summed E-state index contributed by atoms with van der Waals surface area (Å²) in [5.74, 6) is 0. The zero-order valence-corrected chi connectivity index (χ0v) is 33.8. The van der Waals surface area contributed by atoms with Gasteiger partial charge in [0.05, 0.1) is 0 Å². The van der Waals surface area contributed by atoms with Crippen LogP contribution < -0.4 is 4.90 Å². The number of rotatable bonds is 7. The van der Waals surface area contributed by atoms with E-state index < -0.39 is 0 Å². The van der Waals surface area contributed by atoms with Gasteiger partial charge in [0.15, 0.2) is 0 Å². The highest BCUT2D eigenvalue weighted by atomic mass is 15.1. The van der Waals surface area contributed by atoms with E-state index in [1.54, 1.807) is 0 Å². The van der Waals surface area contributed by atoms with Crippen LogP contribution >= 0.6 is 0 Å². The van der Waals surface area contributed by atoms with Gasteiger partial charge in [0, 0.05) is 22.5 Å². The van der Waals surface area contributed by atoms with Crippen molar-refractivity contribution in [2.75, 3.05) is 4.90 Å². The molecule has 0 heterocycles. The highest BCUT2D eigenvalue weighted by Gasteiger charge is 2.36. The first-order valence-electron chi connectivity index (χ1n) is 20.9. The maximum atomic E-state index is 2.43. The quantitative estimate of drug-likeness (QED) is 0.146. The van der Waals surface area contributed by atoms with E-state index >= 15 is 0 Å². The molecule has 60 heavy (non-hydrogen) atoms. The summed E-state index contributed by atoms with van der Waals surface area (Å²) in [4.78, 5) is 2.41. The lowest BCUT2D eigenvalue weighted by Crippen LogP contribution is -2.16. The Morgan fingerprint density at radius 2 is 0.700 bits per heavy atom. The minimum atomic E-state index is -0.190. The first-order valence-corrected chi connectivity index (χ1v) is 20.9. The molecule has 0 saturated heterocycles. The van der Waals surface area contributed by atoms with E-state index in [1.807, 2.05) is 0 Å². The molecule has 0 aliphatic heterocycles. The lowest BCUT2D eigenvalue weighted by molar-refractivity contribution is 0.660. The second-order valence-electron chi connectivity index (χ2n) is 16.5. The van der Waals surface area contributed by atoms with Crippen LogP contribution in [0.2, 0.25) is 0 Å². The number of fused-ring (bicyclic) bond motifs is 6. The van der Waals surface area contributed by atoms with Gasteiger partial charge in [-0.1, -0.05) is 190 Å². The number of hydrogen-bond donors (Lipinski definition) is 0. The average Bonchev–Trinajstić information content (AvgIpc) is 3.54. The maximum Gasteiger partial charge on any atom is 0.0465 e. The summed E-state index contributed by atoms with van der Waals surface area (Å²) in [7, 11) is 0. The zero-order valence-electron chi connectivity index (χ0n) is 33.8. The van der Waals surface area contributed by atoms with Crippen molar-refractivity contribution in [2.24, 2.45) is 0 Å². The Morgan fingerprint density at radius 3 is 1.32 bits per heavy atom. The molecule has 0 saturated carbocycles. The monoisotopic (exact) mass is 765 g/mol. The summed E-state index contributed by atoms with van der Waals surface area (Å²) in [5, 5.41) is 5.09. The van der Waals surface area contributed by atoms with E-state index in [4.69, 9.17) is 0 Å². The Hall–Kier alpha value is -7.48. The van der Waals surface area contributed by atoms with Crippen molar-refractivity contribution >= 4 is 38.6 Å². The topological polar surface area (TPSA) is 3.24 Å². The van der Waals surface area contributed by atoms with Crippen LogP contribution in [0.1, 0.15) is 25.0 Å². The van der Waals surface area contributed by atoms with Crippen molar-refractivity contribution in [1.82, 2.24) is 0 Å². The molecule has 0 amide bonds. The minimum absolute atomic E-state index is 0.190. The number of nitrogens with zero attached hydrogens (tertiary/aromatic N) is 1. The fourth-order valence-corrected chi connectivity index (χ4v) is 9.49. The summed E-state index contributed by atoms with van der Waals surface area (Å²) in [6, 6.07) is 82.3.